The molecule has 1 rings (SSSR count). The summed E-state index contributed by atoms with van der Waals surface area (Å²) in [6, 6.07) is 4.38. The first-order valence-corrected chi connectivity index (χ1v) is 7.36. The zero-order valence-corrected chi connectivity index (χ0v) is 12.5. The first-order valence-electron chi connectivity index (χ1n) is 7.36. The standard InChI is InChI=1S/C16H29NO/c1-5-7-8-11-16(3,4)13-17-14(6-2)15-10-9-12-18-15/h9-10,12,14,17H,5-8,11,13H2,1-4H3. The van der Waals surface area contributed by atoms with Crippen molar-refractivity contribution in [2.24, 2.45) is 5.41 Å². The number of furan rings is 1. The summed E-state index contributed by atoms with van der Waals surface area (Å²) in [4.78, 5) is 0. The molecule has 0 aliphatic heterocycles. The third kappa shape index (κ3) is 5.26. The molecule has 18 heavy (non-hydrogen) atoms. The van der Waals surface area contributed by atoms with Gasteiger partial charge in [0.05, 0.1) is 12.3 Å². The lowest BCUT2D eigenvalue weighted by Crippen LogP contribution is -2.32. The molecule has 0 fully saturated rings. The molecular weight excluding hydrogens is 222 g/mol. The Kier molecular flexibility index (Phi) is 6.48. The molecule has 0 aromatic carbocycles. The molecule has 0 bridgehead atoms. The van der Waals surface area contributed by atoms with E-state index >= 15 is 0 Å². The van der Waals surface area contributed by atoms with E-state index in [9.17, 15) is 0 Å². The van der Waals surface area contributed by atoms with E-state index in [4.69, 9.17) is 4.42 Å². The van der Waals surface area contributed by atoms with Crippen LogP contribution in [0.4, 0.5) is 0 Å². The van der Waals surface area contributed by atoms with Crippen molar-refractivity contribution in [1.29, 1.82) is 0 Å². The largest absolute Gasteiger partial charge is 0.468 e. The minimum absolute atomic E-state index is 0.352. The highest BCUT2D eigenvalue weighted by Gasteiger charge is 2.20. The summed E-state index contributed by atoms with van der Waals surface area (Å²) in [6.07, 6.45) is 8.10. The Morgan fingerprint density at radius 3 is 2.61 bits per heavy atom. The highest BCUT2D eigenvalue weighted by molar-refractivity contribution is 5.04. The quantitative estimate of drug-likeness (QED) is 0.630. The highest BCUT2D eigenvalue weighted by Crippen LogP contribution is 2.25. The van der Waals surface area contributed by atoms with Gasteiger partial charge in [0.25, 0.3) is 0 Å². The number of nitrogens with one attached hydrogen (secondary N) is 1. The van der Waals surface area contributed by atoms with Gasteiger partial charge in [-0.3, -0.25) is 0 Å². The van der Waals surface area contributed by atoms with E-state index in [1.54, 1.807) is 6.26 Å². The second-order valence-electron chi connectivity index (χ2n) is 5.98. The molecule has 1 N–H and O–H groups in total. The van der Waals surface area contributed by atoms with Gasteiger partial charge >= 0.3 is 0 Å². The average Bonchev–Trinajstić information content (AvgIpc) is 2.84. The third-order valence-corrected chi connectivity index (χ3v) is 3.58. The molecule has 0 aliphatic carbocycles. The van der Waals surface area contributed by atoms with Gasteiger partial charge in [-0.15, -0.1) is 0 Å². The van der Waals surface area contributed by atoms with E-state index in [2.05, 4.69) is 39.1 Å². The van der Waals surface area contributed by atoms with Gasteiger partial charge in [-0.2, -0.15) is 0 Å². The van der Waals surface area contributed by atoms with Crippen molar-refractivity contribution in [1.82, 2.24) is 5.32 Å². The maximum atomic E-state index is 5.49. The maximum Gasteiger partial charge on any atom is 0.120 e. The Morgan fingerprint density at radius 1 is 1.28 bits per heavy atom. The summed E-state index contributed by atoms with van der Waals surface area (Å²) in [5.41, 5.74) is 0.370. The Hall–Kier alpha value is -0.760. The Labute approximate surface area is 112 Å². The molecule has 1 unspecified atom stereocenters. The minimum atomic E-state index is 0.352. The fourth-order valence-electron chi connectivity index (χ4n) is 2.28. The minimum Gasteiger partial charge on any atom is -0.468 e. The molecule has 0 spiro atoms. The Morgan fingerprint density at radius 2 is 2.06 bits per heavy atom. The first kappa shape index (κ1) is 15.3. The fourth-order valence-corrected chi connectivity index (χ4v) is 2.28. The van der Waals surface area contributed by atoms with Crippen LogP contribution in [0.15, 0.2) is 22.8 Å². The zero-order valence-electron chi connectivity index (χ0n) is 12.5. The predicted octanol–water partition coefficient (Wildman–Crippen LogP) is 4.93. The van der Waals surface area contributed by atoms with Crippen LogP contribution in [0.3, 0.4) is 0 Å². The molecule has 2 heteroatoms. The number of unbranched alkanes of at least 4 members (excludes halogenated alkanes) is 2. The van der Waals surface area contributed by atoms with E-state index in [0.29, 0.717) is 11.5 Å². The van der Waals surface area contributed by atoms with Crippen LogP contribution in [-0.2, 0) is 0 Å². The van der Waals surface area contributed by atoms with Gasteiger partial charge in [0.2, 0.25) is 0 Å². The summed E-state index contributed by atoms with van der Waals surface area (Å²) in [5.74, 6) is 1.06. The average molecular weight is 251 g/mol. The van der Waals surface area contributed by atoms with E-state index in [0.717, 1.165) is 18.7 Å². The van der Waals surface area contributed by atoms with Crippen LogP contribution in [0.2, 0.25) is 0 Å². The van der Waals surface area contributed by atoms with Crippen molar-refractivity contribution >= 4 is 0 Å². The molecular formula is C16H29NO. The van der Waals surface area contributed by atoms with Crippen LogP contribution in [0.1, 0.15) is 71.6 Å². The smallest absolute Gasteiger partial charge is 0.120 e. The van der Waals surface area contributed by atoms with Gasteiger partial charge in [-0.1, -0.05) is 47.0 Å². The van der Waals surface area contributed by atoms with Crippen molar-refractivity contribution in [3.63, 3.8) is 0 Å². The van der Waals surface area contributed by atoms with Crippen molar-refractivity contribution in [3.8, 4) is 0 Å². The zero-order chi connectivity index (χ0) is 13.4. The number of rotatable bonds is 9. The van der Waals surface area contributed by atoms with Crippen LogP contribution in [0.5, 0.6) is 0 Å². The van der Waals surface area contributed by atoms with Gasteiger partial charge in [-0.05, 0) is 30.4 Å². The lowest BCUT2D eigenvalue weighted by atomic mass is 9.86. The van der Waals surface area contributed by atoms with Gasteiger partial charge in [0, 0.05) is 6.54 Å². The van der Waals surface area contributed by atoms with Gasteiger partial charge in [0.1, 0.15) is 5.76 Å². The van der Waals surface area contributed by atoms with Gasteiger partial charge in [-0.25, -0.2) is 0 Å². The van der Waals surface area contributed by atoms with E-state index < -0.39 is 0 Å². The molecule has 0 saturated carbocycles. The summed E-state index contributed by atoms with van der Waals surface area (Å²) >= 11 is 0. The van der Waals surface area contributed by atoms with E-state index in [-0.39, 0.29) is 0 Å². The van der Waals surface area contributed by atoms with Crippen LogP contribution in [0, 0.1) is 5.41 Å². The number of hydrogen-bond acceptors (Lipinski definition) is 2. The monoisotopic (exact) mass is 251 g/mol. The summed E-state index contributed by atoms with van der Waals surface area (Å²) in [6.45, 7) is 10.2. The SMILES string of the molecule is CCCCCC(C)(C)CNC(CC)c1ccco1. The highest BCUT2D eigenvalue weighted by atomic mass is 16.3. The second kappa shape index (κ2) is 7.63. The molecule has 1 atom stereocenters. The molecule has 0 saturated heterocycles. The first-order chi connectivity index (χ1) is 8.59. The lowest BCUT2D eigenvalue weighted by Gasteiger charge is -2.27. The topological polar surface area (TPSA) is 25.2 Å². The fraction of sp³-hybridized carbons (Fsp3) is 0.750. The normalized spacial score (nSPS) is 13.8. The van der Waals surface area contributed by atoms with Crippen LogP contribution in [-0.4, -0.2) is 6.54 Å². The molecule has 0 amide bonds. The van der Waals surface area contributed by atoms with Crippen molar-refractivity contribution in [3.05, 3.63) is 24.2 Å². The Bertz CT molecular complexity index is 303. The van der Waals surface area contributed by atoms with E-state index in [1.807, 2.05) is 6.07 Å². The van der Waals surface area contributed by atoms with Crippen LogP contribution >= 0.6 is 0 Å². The Balaban J connectivity index is 2.37. The maximum absolute atomic E-state index is 5.49. The summed E-state index contributed by atoms with van der Waals surface area (Å²) < 4.78 is 5.49. The second-order valence-corrected chi connectivity index (χ2v) is 5.98. The molecule has 0 radical (unpaired) electrons. The van der Waals surface area contributed by atoms with Crippen molar-refractivity contribution in [2.75, 3.05) is 6.54 Å². The van der Waals surface area contributed by atoms with Crippen LogP contribution in [0.25, 0.3) is 0 Å². The van der Waals surface area contributed by atoms with E-state index in [1.165, 1.54) is 25.7 Å². The third-order valence-electron chi connectivity index (χ3n) is 3.58. The predicted molar refractivity (Wildman–Crippen MR) is 77.7 cm³/mol. The lowest BCUT2D eigenvalue weighted by molar-refractivity contribution is 0.275. The summed E-state index contributed by atoms with van der Waals surface area (Å²) in [5, 5.41) is 3.65. The molecule has 0 aliphatic rings. The molecule has 104 valence electrons. The molecule has 2 nitrogen and oxygen atoms in total. The van der Waals surface area contributed by atoms with Crippen LogP contribution < -0.4 is 5.32 Å². The molecule has 1 heterocycles. The summed E-state index contributed by atoms with van der Waals surface area (Å²) in [7, 11) is 0. The van der Waals surface area contributed by atoms with Crippen molar-refractivity contribution < 1.29 is 4.42 Å². The molecule has 1 aromatic heterocycles. The van der Waals surface area contributed by atoms with Crippen molar-refractivity contribution in [2.45, 2.75) is 65.8 Å². The molecule has 1 aromatic rings. The van der Waals surface area contributed by atoms with Gasteiger partial charge < -0.3 is 9.73 Å². The van der Waals surface area contributed by atoms with Gasteiger partial charge in [0.15, 0.2) is 0 Å². The number of hydrogen-bond donors (Lipinski definition) is 1.